The highest BCUT2D eigenvalue weighted by molar-refractivity contribution is 6.03. The smallest absolute Gasteiger partial charge is 0.261 e. The summed E-state index contributed by atoms with van der Waals surface area (Å²) in [4.78, 5) is 26.4. The van der Waals surface area contributed by atoms with Crippen LogP contribution >= 0.6 is 0 Å². The minimum Gasteiger partial charge on any atom is -0.364 e. The number of hydrogen-bond donors (Lipinski definition) is 2. The lowest BCUT2D eigenvalue weighted by molar-refractivity contribution is 0.102. The van der Waals surface area contributed by atoms with Gasteiger partial charge in [0.2, 0.25) is 0 Å². The number of anilines is 1. The zero-order valence-electron chi connectivity index (χ0n) is 10.3. The lowest BCUT2D eigenvalue weighted by Gasteiger charge is -2.05. The third-order valence-corrected chi connectivity index (χ3v) is 2.58. The molecule has 0 unspecified atom stereocenters. The molecule has 0 aliphatic heterocycles. The first kappa shape index (κ1) is 12.1. The first-order chi connectivity index (χ1) is 8.56. The number of aryl methyl sites for hydroxylation is 2. The van der Waals surface area contributed by atoms with Crippen LogP contribution in [0.5, 0.6) is 0 Å². The van der Waals surface area contributed by atoms with Crippen molar-refractivity contribution in [1.82, 2.24) is 4.98 Å². The fraction of sp³-hybridized carbons (Fsp3) is 0.143. The van der Waals surface area contributed by atoms with Crippen LogP contribution in [0, 0.1) is 13.8 Å². The number of H-pyrrole nitrogens is 1. The van der Waals surface area contributed by atoms with Crippen molar-refractivity contribution >= 4 is 11.6 Å². The van der Waals surface area contributed by atoms with Crippen LogP contribution in [0.25, 0.3) is 0 Å². The largest absolute Gasteiger partial charge is 0.364 e. The van der Waals surface area contributed by atoms with Gasteiger partial charge in [-0.2, -0.15) is 0 Å². The zero-order chi connectivity index (χ0) is 13.1. The summed E-state index contributed by atoms with van der Waals surface area (Å²) in [6.07, 6.45) is 1.43. The standard InChI is InChI=1S/C14H14N2O2/c1-9-4-3-5-11(6-9)16-14(18)12-8-15-10(2)7-13(12)17/h3-8H,1-2H3,(H,15,17)(H,16,18). The second kappa shape index (κ2) is 4.87. The summed E-state index contributed by atoms with van der Waals surface area (Å²) < 4.78 is 0. The number of aromatic nitrogens is 1. The summed E-state index contributed by atoms with van der Waals surface area (Å²) in [5.74, 6) is -0.401. The van der Waals surface area contributed by atoms with Crippen molar-refractivity contribution < 1.29 is 4.79 Å². The van der Waals surface area contributed by atoms with Gasteiger partial charge in [0.15, 0.2) is 5.43 Å². The lowest BCUT2D eigenvalue weighted by Crippen LogP contribution is -2.21. The number of nitrogens with one attached hydrogen (secondary N) is 2. The van der Waals surface area contributed by atoms with E-state index in [0.717, 1.165) is 11.3 Å². The topological polar surface area (TPSA) is 62.0 Å². The first-order valence-electron chi connectivity index (χ1n) is 5.63. The molecule has 2 rings (SSSR count). The number of benzene rings is 1. The maximum atomic E-state index is 11.9. The van der Waals surface area contributed by atoms with Crippen molar-refractivity contribution in [1.29, 1.82) is 0 Å². The van der Waals surface area contributed by atoms with Gasteiger partial charge in [-0.1, -0.05) is 12.1 Å². The van der Waals surface area contributed by atoms with E-state index in [-0.39, 0.29) is 11.0 Å². The second-order valence-electron chi connectivity index (χ2n) is 4.22. The van der Waals surface area contributed by atoms with Crippen LogP contribution in [0.15, 0.2) is 41.3 Å². The molecule has 0 bridgehead atoms. The summed E-state index contributed by atoms with van der Waals surface area (Å²) in [5, 5.41) is 2.70. The predicted octanol–water partition coefficient (Wildman–Crippen LogP) is 2.24. The number of aromatic amines is 1. The third-order valence-electron chi connectivity index (χ3n) is 2.58. The quantitative estimate of drug-likeness (QED) is 0.848. The Hall–Kier alpha value is -2.36. The molecule has 0 saturated heterocycles. The molecule has 0 atom stereocenters. The number of carbonyl (C=O) groups is 1. The Labute approximate surface area is 105 Å². The zero-order valence-corrected chi connectivity index (χ0v) is 10.3. The summed E-state index contributed by atoms with van der Waals surface area (Å²) in [6.45, 7) is 3.71. The van der Waals surface area contributed by atoms with E-state index in [1.165, 1.54) is 12.3 Å². The molecule has 2 aromatic rings. The highest BCUT2D eigenvalue weighted by Gasteiger charge is 2.10. The van der Waals surface area contributed by atoms with Crippen LogP contribution in [0.3, 0.4) is 0 Å². The van der Waals surface area contributed by atoms with Gasteiger partial charge in [-0.3, -0.25) is 9.59 Å². The van der Waals surface area contributed by atoms with Gasteiger partial charge in [0, 0.05) is 23.6 Å². The average molecular weight is 242 g/mol. The minimum atomic E-state index is -0.401. The molecule has 0 fully saturated rings. The Balaban J connectivity index is 2.25. The van der Waals surface area contributed by atoms with Gasteiger partial charge >= 0.3 is 0 Å². The van der Waals surface area contributed by atoms with E-state index in [4.69, 9.17) is 0 Å². The lowest BCUT2D eigenvalue weighted by atomic mass is 10.2. The molecule has 2 N–H and O–H groups in total. The highest BCUT2D eigenvalue weighted by atomic mass is 16.2. The summed E-state index contributed by atoms with van der Waals surface area (Å²) in [5.41, 5.74) is 2.29. The molecule has 0 spiro atoms. The Morgan fingerprint density at radius 1 is 1.22 bits per heavy atom. The maximum Gasteiger partial charge on any atom is 0.261 e. The van der Waals surface area contributed by atoms with Gasteiger partial charge in [-0.05, 0) is 31.5 Å². The number of carbonyl (C=O) groups excluding carboxylic acids is 1. The SMILES string of the molecule is Cc1cccc(NC(=O)c2c[nH]c(C)cc2=O)c1. The normalized spacial score (nSPS) is 10.1. The van der Waals surface area contributed by atoms with Gasteiger partial charge in [0.1, 0.15) is 5.56 Å². The average Bonchev–Trinajstić information content (AvgIpc) is 2.28. The molecule has 4 heteroatoms. The molecule has 1 heterocycles. The van der Waals surface area contributed by atoms with Crippen molar-refractivity contribution in [2.75, 3.05) is 5.32 Å². The molecule has 18 heavy (non-hydrogen) atoms. The van der Waals surface area contributed by atoms with Crippen molar-refractivity contribution in [2.45, 2.75) is 13.8 Å². The second-order valence-corrected chi connectivity index (χ2v) is 4.22. The molecule has 4 nitrogen and oxygen atoms in total. The molecule has 0 radical (unpaired) electrons. The number of pyridine rings is 1. The molecule has 1 aromatic carbocycles. The summed E-state index contributed by atoms with van der Waals surface area (Å²) >= 11 is 0. The van der Waals surface area contributed by atoms with Gasteiger partial charge in [-0.15, -0.1) is 0 Å². The molecular formula is C14H14N2O2. The van der Waals surface area contributed by atoms with Gasteiger partial charge in [-0.25, -0.2) is 0 Å². The van der Waals surface area contributed by atoms with E-state index in [2.05, 4.69) is 10.3 Å². The van der Waals surface area contributed by atoms with Crippen LogP contribution in [-0.4, -0.2) is 10.9 Å². The van der Waals surface area contributed by atoms with Crippen molar-refractivity contribution in [3.05, 3.63) is 63.6 Å². The van der Waals surface area contributed by atoms with Crippen LogP contribution < -0.4 is 10.7 Å². The molecule has 92 valence electrons. The van der Waals surface area contributed by atoms with E-state index in [1.54, 1.807) is 13.0 Å². The van der Waals surface area contributed by atoms with E-state index in [1.807, 2.05) is 25.1 Å². The van der Waals surface area contributed by atoms with E-state index >= 15 is 0 Å². The van der Waals surface area contributed by atoms with Crippen molar-refractivity contribution in [2.24, 2.45) is 0 Å². The van der Waals surface area contributed by atoms with Gasteiger partial charge in [0.25, 0.3) is 5.91 Å². The third kappa shape index (κ3) is 2.66. The molecular weight excluding hydrogens is 228 g/mol. The number of amides is 1. The fourth-order valence-corrected chi connectivity index (χ4v) is 1.67. The Morgan fingerprint density at radius 3 is 2.67 bits per heavy atom. The molecule has 0 saturated carbocycles. The van der Waals surface area contributed by atoms with Crippen molar-refractivity contribution in [3.8, 4) is 0 Å². The number of rotatable bonds is 2. The molecule has 1 amide bonds. The van der Waals surface area contributed by atoms with Crippen LogP contribution in [0.4, 0.5) is 5.69 Å². The van der Waals surface area contributed by atoms with Crippen LogP contribution in [0.1, 0.15) is 21.6 Å². The minimum absolute atomic E-state index is 0.113. The molecule has 0 aliphatic rings. The van der Waals surface area contributed by atoms with Crippen LogP contribution in [-0.2, 0) is 0 Å². The molecule has 0 aliphatic carbocycles. The highest BCUT2D eigenvalue weighted by Crippen LogP contribution is 2.10. The number of hydrogen-bond acceptors (Lipinski definition) is 2. The van der Waals surface area contributed by atoms with E-state index in [0.29, 0.717) is 5.69 Å². The van der Waals surface area contributed by atoms with Crippen LogP contribution in [0.2, 0.25) is 0 Å². The first-order valence-corrected chi connectivity index (χ1v) is 5.63. The van der Waals surface area contributed by atoms with Crippen molar-refractivity contribution in [3.63, 3.8) is 0 Å². The van der Waals surface area contributed by atoms with E-state index in [9.17, 15) is 9.59 Å². The Bertz CT molecular complexity index is 644. The monoisotopic (exact) mass is 242 g/mol. The Morgan fingerprint density at radius 2 is 2.00 bits per heavy atom. The maximum absolute atomic E-state index is 11.9. The van der Waals surface area contributed by atoms with Gasteiger partial charge < -0.3 is 10.3 Å². The molecule has 1 aromatic heterocycles. The van der Waals surface area contributed by atoms with E-state index < -0.39 is 5.91 Å². The fourth-order valence-electron chi connectivity index (χ4n) is 1.67. The predicted molar refractivity (Wildman–Crippen MR) is 70.9 cm³/mol. The Kier molecular flexibility index (Phi) is 3.28. The van der Waals surface area contributed by atoms with Gasteiger partial charge in [0.05, 0.1) is 0 Å². The summed E-state index contributed by atoms with van der Waals surface area (Å²) in [6, 6.07) is 8.83. The summed E-state index contributed by atoms with van der Waals surface area (Å²) in [7, 11) is 0.